The van der Waals surface area contributed by atoms with Gasteiger partial charge in [0, 0.05) is 43.6 Å². The Morgan fingerprint density at radius 2 is 1.57 bits per heavy atom. The van der Waals surface area contributed by atoms with E-state index in [4.69, 9.17) is 21.3 Å². The molecule has 0 unspecified atom stereocenters. The summed E-state index contributed by atoms with van der Waals surface area (Å²) in [5.74, 6) is 3.19. The number of ether oxygens (including phenoxy) is 1. The summed E-state index contributed by atoms with van der Waals surface area (Å²) in [6.45, 7) is 3.30. The van der Waals surface area contributed by atoms with E-state index in [0.717, 1.165) is 55.0 Å². The van der Waals surface area contributed by atoms with Gasteiger partial charge in [-0.05, 0) is 36.4 Å². The third-order valence-electron chi connectivity index (χ3n) is 4.91. The van der Waals surface area contributed by atoms with Crippen LogP contribution in [0.5, 0.6) is 11.5 Å². The Morgan fingerprint density at radius 1 is 0.821 bits per heavy atom. The smallest absolute Gasteiger partial charge is 0.225 e. The van der Waals surface area contributed by atoms with Gasteiger partial charge >= 0.3 is 0 Å². The summed E-state index contributed by atoms with van der Waals surface area (Å²) in [6, 6.07) is 15.4. The molecular formula is C21H18ClN5O. The van der Waals surface area contributed by atoms with Crippen molar-refractivity contribution in [1.29, 1.82) is 0 Å². The van der Waals surface area contributed by atoms with Crippen LogP contribution in [0.15, 0.2) is 65.9 Å². The van der Waals surface area contributed by atoms with Crippen molar-refractivity contribution < 1.29 is 4.74 Å². The number of fused-ring (bicyclic) bond motifs is 2. The van der Waals surface area contributed by atoms with Crippen LogP contribution in [0.1, 0.15) is 5.56 Å². The fourth-order valence-electron chi connectivity index (χ4n) is 3.51. The van der Waals surface area contributed by atoms with Crippen molar-refractivity contribution in [2.24, 2.45) is 4.99 Å². The average Bonchev–Trinajstić information content (AvgIpc) is 2.91. The second-order valence-corrected chi connectivity index (χ2v) is 7.11. The first-order valence-corrected chi connectivity index (χ1v) is 9.58. The summed E-state index contributed by atoms with van der Waals surface area (Å²) in [7, 11) is 0. The van der Waals surface area contributed by atoms with Gasteiger partial charge in [-0.2, -0.15) is 0 Å². The maximum Gasteiger partial charge on any atom is 0.225 e. The number of halogens is 1. The SMILES string of the molecule is Clc1ccc2c(c1)N=C(N1CCN(c3ncccn3)CC1)c1ccccc1O2. The molecule has 1 aromatic heterocycles. The van der Waals surface area contributed by atoms with Gasteiger partial charge < -0.3 is 14.5 Å². The standard InChI is InChI=1S/C21H18ClN5O/c22-15-6-7-19-17(14-15)25-20(16-4-1-2-5-18(16)28-19)26-10-12-27(13-11-26)21-23-8-3-9-24-21/h1-9,14H,10-13H2. The van der Waals surface area contributed by atoms with Crippen molar-refractivity contribution in [2.45, 2.75) is 0 Å². The number of aromatic nitrogens is 2. The minimum absolute atomic E-state index is 0.641. The van der Waals surface area contributed by atoms with Gasteiger partial charge in [-0.15, -0.1) is 0 Å². The molecule has 28 heavy (non-hydrogen) atoms. The van der Waals surface area contributed by atoms with E-state index in [-0.39, 0.29) is 0 Å². The van der Waals surface area contributed by atoms with Crippen molar-refractivity contribution >= 4 is 29.1 Å². The second-order valence-electron chi connectivity index (χ2n) is 6.67. The third kappa shape index (κ3) is 3.16. The van der Waals surface area contributed by atoms with Gasteiger partial charge in [-0.25, -0.2) is 15.0 Å². The topological polar surface area (TPSA) is 53.9 Å². The zero-order valence-electron chi connectivity index (χ0n) is 15.1. The van der Waals surface area contributed by atoms with Crippen molar-refractivity contribution in [3.8, 4) is 11.5 Å². The van der Waals surface area contributed by atoms with Crippen LogP contribution in [0.4, 0.5) is 11.6 Å². The lowest BCUT2D eigenvalue weighted by atomic mass is 10.1. The van der Waals surface area contributed by atoms with Gasteiger partial charge in [-0.3, -0.25) is 0 Å². The summed E-state index contributed by atoms with van der Waals surface area (Å²) >= 11 is 6.20. The number of amidine groups is 1. The Bertz CT molecular complexity index is 1030. The molecule has 0 saturated carbocycles. The lowest BCUT2D eigenvalue weighted by Gasteiger charge is -2.36. The first-order valence-electron chi connectivity index (χ1n) is 9.20. The van der Waals surface area contributed by atoms with Crippen LogP contribution in [0.3, 0.4) is 0 Å². The Kier molecular flexibility index (Phi) is 4.33. The van der Waals surface area contributed by atoms with E-state index in [1.807, 2.05) is 48.5 Å². The zero-order valence-corrected chi connectivity index (χ0v) is 15.9. The molecule has 2 aliphatic rings. The van der Waals surface area contributed by atoms with E-state index in [2.05, 4.69) is 19.8 Å². The van der Waals surface area contributed by atoms with Crippen LogP contribution in [0.2, 0.25) is 5.02 Å². The van der Waals surface area contributed by atoms with Gasteiger partial charge in [0.1, 0.15) is 17.3 Å². The first-order chi connectivity index (χ1) is 13.8. The van der Waals surface area contributed by atoms with Gasteiger partial charge in [0.2, 0.25) is 5.95 Å². The fourth-order valence-corrected chi connectivity index (χ4v) is 3.68. The number of anilines is 1. The molecule has 0 atom stereocenters. The molecular weight excluding hydrogens is 374 g/mol. The van der Waals surface area contributed by atoms with Crippen LogP contribution in [0.25, 0.3) is 0 Å². The number of hydrogen-bond donors (Lipinski definition) is 0. The number of aliphatic imine (C=N–C) groups is 1. The van der Waals surface area contributed by atoms with Gasteiger partial charge in [0.05, 0.1) is 5.56 Å². The molecule has 2 aliphatic heterocycles. The molecule has 2 aromatic carbocycles. The van der Waals surface area contributed by atoms with Gasteiger partial charge in [0.25, 0.3) is 0 Å². The third-order valence-corrected chi connectivity index (χ3v) is 5.14. The highest BCUT2D eigenvalue weighted by Crippen LogP contribution is 2.39. The first kappa shape index (κ1) is 17.0. The van der Waals surface area contributed by atoms with Crippen molar-refractivity contribution in [3.05, 3.63) is 71.5 Å². The van der Waals surface area contributed by atoms with E-state index in [1.54, 1.807) is 12.4 Å². The molecule has 3 aromatic rings. The lowest BCUT2D eigenvalue weighted by molar-refractivity contribution is 0.383. The highest BCUT2D eigenvalue weighted by Gasteiger charge is 2.26. The predicted molar refractivity (Wildman–Crippen MR) is 110 cm³/mol. The van der Waals surface area contributed by atoms with E-state index in [0.29, 0.717) is 10.8 Å². The van der Waals surface area contributed by atoms with Gasteiger partial charge in [-0.1, -0.05) is 23.7 Å². The molecule has 6 nitrogen and oxygen atoms in total. The minimum Gasteiger partial charge on any atom is -0.454 e. The molecule has 1 saturated heterocycles. The lowest BCUT2D eigenvalue weighted by Crippen LogP contribution is -2.49. The fraction of sp³-hybridized carbons (Fsp3) is 0.190. The highest BCUT2D eigenvalue weighted by atomic mass is 35.5. The summed E-state index contributed by atoms with van der Waals surface area (Å²) < 4.78 is 6.14. The number of benzene rings is 2. The molecule has 0 amide bonds. The Hall–Kier alpha value is -3.12. The number of piperazine rings is 1. The number of nitrogens with zero attached hydrogens (tertiary/aromatic N) is 5. The molecule has 5 rings (SSSR count). The summed E-state index contributed by atoms with van der Waals surface area (Å²) in [5.41, 5.74) is 1.73. The maximum absolute atomic E-state index is 6.20. The Morgan fingerprint density at radius 3 is 2.39 bits per heavy atom. The van der Waals surface area contributed by atoms with Crippen LogP contribution in [-0.2, 0) is 0 Å². The summed E-state index contributed by atoms with van der Waals surface area (Å²) in [4.78, 5) is 18.2. The molecule has 0 bridgehead atoms. The molecule has 0 spiro atoms. The second kappa shape index (κ2) is 7.13. The molecule has 1 fully saturated rings. The van der Waals surface area contributed by atoms with E-state index >= 15 is 0 Å². The van der Waals surface area contributed by atoms with Crippen LogP contribution < -0.4 is 9.64 Å². The normalized spacial score (nSPS) is 15.8. The molecule has 0 N–H and O–H groups in total. The molecule has 0 radical (unpaired) electrons. The minimum atomic E-state index is 0.641. The quantitative estimate of drug-likeness (QED) is 0.624. The summed E-state index contributed by atoms with van der Waals surface area (Å²) in [6.07, 6.45) is 3.55. The number of para-hydroxylation sites is 1. The van der Waals surface area contributed by atoms with Crippen molar-refractivity contribution in [2.75, 3.05) is 31.1 Å². The van der Waals surface area contributed by atoms with Crippen LogP contribution in [-0.4, -0.2) is 46.9 Å². The molecule has 3 heterocycles. The highest BCUT2D eigenvalue weighted by molar-refractivity contribution is 6.31. The Balaban J connectivity index is 1.48. The van der Waals surface area contributed by atoms with E-state index in [9.17, 15) is 0 Å². The predicted octanol–water partition coefficient (Wildman–Crippen LogP) is 4.14. The average molecular weight is 392 g/mol. The molecule has 7 heteroatoms. The molecule has 140 valence electrons. The van der Waals surface area contributed by atoms with Crippen LogP contribution >= 0.6 is 11.6 Å². The number of rotatable bonds is 1. The maximum atomic E-state index is 6.20. The van der Waals surface area contributed by atoms with Crippen molar-refractivity contribution in [3.63, 3.8) is 0 Å². The van der Waals surface area contributed by atoms with E-state index < -0.39 is 0 Å². The number of hydrogen-bond acceptors (Lipinski definition) is 6. The zero-order chi connectivity index (χ0) is 18.9. The van der Waals surface area contributed by atoms with E-state index in [1.165, 1.54) is 0 Å². The molecule has 0 aliphatic carbocycles. The monoisotopic (exact) mass is 391 g/mol. The Labute approximate surface area is 168 Å². The van der Waals surface area contributed by atoms with Gasteiger partial charge in [0.15, 0.2) is 5.75 Å². The van der Waals surface area contributed by atoms with Crippen LogP contribution in [0, 0.1) is 0 Å². The van der Waals surface area contributed by atoms with Crippen molar-refractivity contribution in [1.82, 2.24) is 14.9 Å². The summed E-state index contributed by atoms with van der Waals surface area (Å²) in [5, 5.41) is 0.641. The largest absolute Gasteiger partial charge is 0.454 e.